The van der Waals surface area contributed by atoms with Gasteiger partial charge >= 0.3 is 14.8 Å². The van der Waals surface area contributed by atoms with Crippen LogP contribution in [0.3, 0.4) is 0 Å². The van der Waals surface area contributed by atoms with E-state index >= 15 is 0 Å². The molecule has 11 heteroatoms. The summed E-state index contributed by atoms with van der Waals surface area (Å²) in [5.74, 6) is -0.200. The third kappa shape index (κ3) is 7.41. The van der Waals surface area contributed by atoms with E-state index < -0.39 is 32.7 Å². The fourth-order valence-corrected chi connectivity index (χ4v) is 3.83. The molecule has 0 spiro atoms. The molecule has 1 aromatic heterocycles. The second-order valence-corrected chi connectivity index (χ2v) is 8.47. The monoisotopic (exact) mass is 507 g/mol. The summed E-state index contributed by atoms with van der Waals surface area (Å²) in [5, 5.41) is 14.7. The Labute approximate surface area is 202 Å². The van der Waals surface area contributed by atoms with E-state index in [1.165, 1.54) is 6.07 Å². The summed E-state index contributed by atoms with van der Waals surface area (Å²) in [7, 11) is 1.19. The Morgan fingerprint density at radius 3 is 2.76 bits per heavy atom. The molecule has 2 N–H and O–H groups in total. The van der Waals surface area contributed by atoms with Gasteiger partial charge < -0.3 is 9.84 Å². The van der Waals surface area contributed by atoms with Crippen LogP contribution >= 0.6 is 20.3 Å². The van der Waals surface area contributed by atoms with Crippen LogP contribution in [0.1, 0.15) is 12.0 Å². The second kappa shape index (κ2) is 12.7. The first-order valence-electron chi connectivity index (χ1n) is 10.4. The van der Waals surface area contributed by atoms with E-state index in [0.717, 1.165) is 10.8 Å². The number of anilines is 1. The van der Waals surface area contributed by atoms with Crippen molar-refractivity contribution in [2.45, 2.75) is 25.1 Å². The number of rotatable bonds is 11. The standard InChI is InChI=1S/C23H24ClFN3O5P/c1-28(12-17-7-4-8-20(25)22(17)24)18(10-19(29)14-33-34-31)13-32-23(30)27-21-9-15-5-2-3-6-16(15)11-26-21/h2-9,11,18-19,29H,10,12-14H2,1H3,(H,26,27,30)/t18-,19+/m0/s1. The fraction of sp³-hybridized carbons (Fsp3) is 0.304. The lowest BCUT2D eigenvalue weighted by molar-refractivity contribution is 0.0465. The molecule has 8 nitrogen and oxygen atoms in total. The molecule has 0 saturated carbocycles. The molecule has 2 atom stereocenters. The molecule has 3 rings (SSSR count). The molecule has 0 bridgehead atoms. The van der Waals surface area contributed by atoms with Gasteiger partial charge in [-0.3, -0.25) is 14.7 Å². The van der Waals surface area contributed by atoms with Crippen LogP contribution in [0.4, 0.5) is 15.0 Å². The van der Waals surface area contributed by atoms with Crippen LogP contribution in [0.15, 0.2) is 54.7 Å². The number of carbonyl (C=O) groups is 1. The van der Waals surface area contributed by atoms with Crippen molar-refractivity contribution in [1.29, 1.82) is 0 Å². The van der Waals surface area contributed by atoms with Crippen molar-refractivity contribution >= 4 is 43.0 Å². The van der Waals surface area contributed by atoms with Gasteiger partial charge in [-0.15, -0.1) is 0 Å². The molecule has 0 saturated heterocycles. The zero-order chi connectivity index (χ0) is 24.5. The third-order valence-electron chi connectivity index (χ3n) is 5.21. The molecular formula is C23H24ClFN3O5P. The fourth-order valence-electron chi connectivity index (χ4n) is 3.41. The Morgan fingerprint density at radius 1 is 1.24 bits per heavy atom. The molecule has 0 unspecified atom stereocenters. The number of fused-ring (bicyclic) bond motifs is 1. The predicted molar refractivity (Wildman–Crippen MR) is 128 cm³/mol. The first-order valence-corrected chi connectivity index (χ1v) is 11.5. The quantitative estimate of drug-likeness (QED) is 0.350. The van der Waals surface area contributed by atoms with Gasteiger partial charge in [0.15, 0.2) is 0 Å². The van der Waals surface area contributed by atoms with Crippen molar-refractivity contribution in [2.24, 2.45) is 0 Å². The number of nitrogens with zero attached hydrogens (tertiary/aromatic N) is 2. The predicted octanol–water partition coefficient (Wildman–Crippen LogP) is 5.05. The maximum absolute atomic E-state index is 13.8. The Bertz CT molecular complexity index is 1140. The van der Waals surface area contributed by atoms with Crippen molar-refractivity contribution in [3.05, 3.63) is 71.1 Å². The van der Waals surface area contributed by atoms with E-state index in [1.807, 2.05) is 24.3 Å². The van der Waals surface area contributed by atoms with E-state index in [4.69, 9.17) is 20.9 Å². The minimum Gasteiger partial charge on any atom is -0.448 e. The first-order chi connectivity index (χ1) is 16.4. The number of nitrogens with one attached hydrogen (secondary N) is 1. The van der Waals surface area contributed by atoms with Crippen LogP contribution < -0.4 is 5.32 Å². The first kappa shape index (κ1) is 25.9. The average molecular weight is 508 g/mol. The zero-order valence-corrected chi connectivity index (χ0v) is 20.0. The smallest absolute Gasteiger partial charge is 0.412 e. The Kier molecular flexibility index (Phi) is 9.68. The van der Waals surface area contributed by atoms with E-state index in [-0.39, 0.29) is 31.2 Å². The lowest BCUT2D eigenvalue weighted by atomic mass is 10.1. The number of aromatic nitrogens is 1. The third-order valence-corrected chi connectivity index (χ3v) is 5.88. The summed E-state index contributed by atoms with van der Waals surface area (Å²) in [5.41, 5.74) is 0.544. The number of carbonyl (C=O) groups excluding carboxylic acids is 1. The lowest BCUT2D eigenvalue weighted by Crippen LogP contribution is -2.40. The molecule has 0 aliphatic rings. The van der Waals surface area contributed by atoms with Gasteiger partial charge in [0.25, 0.3) is 0 Å². The number of ether oxygens (including phenoxy) is 1. The van der Waals surface area contributed by atoms with Crippen LogP contribution in [0, 0.1) is 5.82 Å². The van der Waals surface area contributed by atoms with Crippen LogP contribution in [0.2, 0.25) is 5.02 Å². The highest BCUT2D eigenvalue weighted by Crippen LogP contribution is 2.22. The van der Waals surface area contributed by atoms with Crippen molar-refractivity contribution < 1.29 is 28.1 Å². The molecule has 2 aromatic carbocycles. The molecule has 0 aliphatic heterocycles. The van der Waals surface area contributed by atoms with Gasteiger partial charge in [-0.1, -0.05) is 48.0 Å². The van der Waals surface area contributed by atoms with Crippen LogP contribution in [0.5, 0.6) is 0 Å². The summed E-state index contributed by atoms with van der Waals surface area (Å²) in [6, 6.07) is 13.4. The number of amides is 1. The maximum Gasteiger partial charge on any atom is 0.412 e. The molecule has 0 radical (unpaired) electrons. The van der Waals surface area contributed by atoms with Gasteiger partial charge in [-0.05, 0) is 36.6 Å². The van der Waals surface area contributed by atoms with E-state index in [0.29, 0.717) is 11.4 Å². The molecule has 180 valence electrons. The molecule has 1 amide bonds. The summed E-state index contributed by atoms with van der Waals surface area (Å²) in [6.45, 7) is -0.00975. The highest BCUT2D eigenvalue weighted by atomic mass is 35.5. The topological polar surface area (TPSA) is 101 Å². The van der Waals surface area contributed by atoms with Crippen molar-refractivity contribution in [1.82, 2.24) is 9.88 Å². The van der Waals surface area contributed by atoms with Crippen molar-refractivity contribution in [2.75, 3.05) is 25.6 Å². The Morgan fingerprint density at radius 2 is 2.00 bits per heavy atom. The average Bonchev–Trinajstić information content (AvgIpc) is 2.83. The normalized spacial score (nSPS) is 13.2. The van der Waals surface area contributed by atoms with Crippen molar-refractivity contribution in [3.63, 3.8) is 0 Å². The Balaban J connectivity index is 1.64. The molecule has 3 aromatic rings. The van der Waals surface area contributed by atoms with Gasteiger partial charge in [-0.25, -0.2) is 18.7 Å². The number of hydrogen-bond donors (Lipinski definition) is 2. The van der Waals surface area contributed by atoms with Gasteiger partial charge in [0, 0.05) is 24.2 Å². The molecule has 1 heterocycles. The van der Waals surface area contributed by atoms with Crippen LogP contribution in [-0.2, 0) is 20.4 Å². The highest BCUT2D eigenvalue weighted by molar-refractivity contribution is 7.17. The van der Waals surface area contributed by atoms with Gasteiger partial charge in [0.2, 0.25) is 0 Å². The van der Waals surface area contributed by atoms with Crippen molar-refractivity contribution in [3.8, 4) is 0 Å². The molecule has 34 heavy (non-hydrogen) atoms. The van der Waals surface area contributed by atoms with E-state index in [2.05, 4.69) is 10.3 Å². The van der Waals surface area contributed by atoms with Gasteiger partial charge in [0.1, 0.15) is 18.2 Å². The minimum atomic E-state index is -0.967. The second-order valence-electron chi connectivity index (χ2n) is 7.68. The largest absolute Gasteiger partial charge is 0.448 e. The van der Waals surface area contributed by atoms with Crippen LogP contribution in [-0.4, -0.2) is 53.5 Å². The maximum atomic E-state index is 13.8. The SMILES string of the molecule is CN(Cc1cccc(F)c1Cl)[C@H](COC(=O)Nc1cc2ccccc2cn1)C[C@@H](O)COP=O. The lowest BCUT2D eigenvalue weighted by Gasteiger charge is -2.29. The molecular weight excluding hydrogens is 484 g/mol. The number of pyridine rings is 1. The van der Waals surface area contributed by atoms with Gasteiger partial charge in [-0.2, -0.15) is 0 Å². The molecule has 0 fully saturated rings. The number of hydrogen-bond acceptors (Lipinski definition) is 7. The summed E-state index contributed by atoms with van der Waals surface area (Å²) in [6.07, 6.45) is 0.107. The van der Waals surface area contributed by atoms with E-state index in [9.17, 15) is 18.9 Å². The zero-order valence-electron chi connectivity index (χ0n) is 18.4. The Hall–Kier alpha value is -2.68. The number of aliphatic hydroxyl groups is 1. The highest BCUT2D eigenvalue weighted by Gasteiger charge is 2.23. The number of benzene rings is 2. The minimum absolute atomic E-state index is 0.00294. The molecule has 0 aliphatic carbocycles. The number of likely N-dealkylation sites (N-methyl/N-ethyl adjacent to an activating group) is 1. The summed E-state index contributed by atoms with van der Waals surface area (Å²) < 4.78 is 34.4. The van der Waals surface area contributed by atoms with Crippen LogP contribution in [0.25, 0.3) is 10.8 Å². The van der Waals surface area contributed by atoms with E-state index in [1.54, 1.807) is 36.3 Å². The number of aliphatic hydroxyl groups excluding tert-OH is 1. The number of halogens is 2. The summed E-state index contributed by atoms with van der Waals surface area (Å²) >= 11 is 6.07. The van der Waals surface area contributed by atoms with Gasteiger partial charge in [0.05, 0.1) is 17.7 Å². The summed E-state index contributed by atoms with van der Waals surface area (Å²) in [4.78, 5) is 18.4.